The first-order chi connectivity index (χ1) is 40.1. The zero-order valence-electron chi connectivity index (χ0n) is 47.7. The van der Waals surface area contributed by atoms with Gasteiger partial charge in [-0.2, -0.15) is 55.5 Å². The third-order valence-corrected chi connectivity index (χ3v) is 14.6. The molecule has 31 heteroatoms. The molecule has 0 unspecified atom stereocenters. The second-order valence-electron chi connectivity index (χ2n) is 22.0. The Hall–Kier alpha value is -7.61. The first kappa shape index (κ1) is 70.2. The van der Waals surface area contributed by atoms with Crippen LogP contribution in [0.3, 0.4) is 0 Å². The third kappa shape index (κ3) is 20.5. The van der Waals surface area contributed by atoms with Crippen molar-refractivity contribution in [2.75, 3.05) is 36.6 Å². The average Bonchev–Trinajstić information content (AvgIpc) is 2.14. The average molecular weight is 1270 g/mol. The van der Waals surface area contributed by atoms with Gasteiger partial charge in [0.2, 0.25) is 5.78 Å². The van der Waals surface area contributed by atoms with Gasteiger partial charge in [-0.1, -0.05) is 0 Å². The van der Waals surface area contributed by atoms with Crippen molar-refractivity contribution in [3.63, 3.8) is 0 Å². The fourth-order valence-electron chi connectivity index (χ4n) is 9.12. The van der Waals surface area contributed by atoms with Gasteiger partial charge in [0.1, 0.15) is 24.5 Å². The van der Waals surface area contributed by atoms with Crippen LogP contribution in [0, 0.1) is 28.6 Å². The van der Waals surface area contributed by atoms with E-state index in [1.807, 2.05) is 18.2 Å². The van der Waals surface area contributed by atoms with Gasteiger partial charge in [-0.3, -0.25) is 28.5 Å². The van der Waals surface area contributed by atoms with Gasteiger partial charge in [0.25, 0.3) is 21.9 Å². The summed E-state index contributed by atoms with van der Waals surface area (Å²) in [6.45, 7) is 2.79. The van der Waals surface area contributed by atoms with Crippen molar-refractivity contribution in [1.82, 2.24) is 39.8 Å². The second-order valence-corrected chi connectivity index (χ2v) is 23.7. The standard InChI is InChI=1S/C28H30F4N6O3.C25H30FN7O2.C3H5F3O3S.ClH/c1-27(2,41)24(29)15-35-26(40)20-14-34-22(23-8-7-19-9-17(12-33)13-36-38(19)23)11-21(20)37-18-5-3-16(4-6-18)10-25(39)28(30,31)32;1-25(2,35)23(26)14-30-24(34)19-13-29-21(10-20(19)32-17-5-3-16(28)4-6-17)22-8-7-18-9-15(11-27)12-31-33(18)22;1-10(7,8)9-2-3(4,5)6;/h7-9,11,13-14,16,18,24,41H,3-6,10,15H2,1-2H3,(H,34,37)(H,35,40);7-10,12-13,16-17,23,35H,3-6,14,28H2,1-2H3,(H,29,32)(H,30,34);2H2,1H3;1H/t16?,18?,24-;16?,17?,23-;;/m11../s1. The maximum Gasteiger partial charge on any atom is 0.449 e. The Kier molecular flexibility index (Phi) is 23.7. The quantitative estimate of drug-likeness (QED) is 0.0314. The summed E-state index contributed by atoms with van der Waals surface area (Å²) in [5.41, 5.74) is 8.76. The molecule has 2 aliphatic carbocycles. The lowest BCUT2D eigenvalue weighted by Gasteiger charge is -2.30. The summed E-state index contributed by atoms with van der Waals surface area (Å²) >= 11 is 0. The minimum atomic E-state index is -4.84. The molecular formula is C56H66ClF8N13O8S. The molecule has 2 aliphatic rings. The van der Waals surface area contributed by atoms with Crippen molar-refractivity contribution in [1.29, 1.82) is 10.5 Å². The highest BCUT2D eigenvalue weighted by Gasteiger charge is 2.40. The summed E-state index contributed by atoms with van der Waals surface area (Å²) in [4.78, 5) is 46.3. The lowest BCUT2D eigenvalue weighted by molar-refractivity contribution is -0.172. The van der Waals surface area contributed by atoms with Crippen LogP contribution in [0.5, 0.6) is 0 Å². The number of nitrogens with one attached hydrogen (secondary N) is 4. The molecule has 6 aromatic heterocycles. The number of nitrogens with zero attached hydrogens (tertiary/aromatic N) is 8. The number of pyridine rings is 2. The molecule has 2 saturated carbocycles. The van der Waals surface area contributed by atoms with Crippen molar-refractivity contribution in [3.8, 4) is 34.9 Å². The van der Waals surface area contributed by atoms with Crippen LogP contribution in [0.4, 0.5) is 46.5 Å². The Bertz CT molecular complexity index is 3560. The third-order valence-electron chi connectivity index (χ3n) is 14.1. The molecular weight excluding hydrogens is 1200 g/mol. The molecule has 472 valence electrons. The van der Waals surface area contributed by atoms with Gasteiger partial charge in [0.05, 0.1) is 110 Å². The van der Waals surface area contributed by atoms with Crippen LogP contribution in [-0.2, 0) is 19.1 Å². The lowest BCUT2D eigenvalue weighted by atomic mass is 9.83. The number of fused-ring (bicyclic) bond motifs is 2. The Morgan fingerprint density at radius 2 is 1.09 bits per heavy atom. The number of rotatable bonds is 18. The molecule has 0 radical (unpaired) electrons. The second kappa shape index (κ2) is 29.4. The van der Waals surface area contributed by atoms with Gasteiger partial charge in [0.15, 0.2) is 6.61 Å². The first-order valence-electron chi connectivity index (χ1n) is 27.0. The monoisotopic (exact) mass is 1270 g/mol. The molecule has 0 aromatic carbocycles. The molecule has 2 amide bonds. The molecule has 6 aromatic rings. The fraction of sp³-hybridized carbons (Fsp3) is 0.482. The topological polar surface area (TPSA) is 317 Å². The van der Waals surface area contributed by atoms with E-state index in [2.05, 4.69) is 51.7 Å². The maximum absolute atomic E-state index is 14.3. The number of halogens is 9. The molecule has 6 heterocycles. The Labute approximate surface area is 501 Å². The number of alkyl halides is 8. The van der Waals surface area contributed by atoms with Gasteiger partial charge in [-0.05, 0) is 134 Å². The number of anilines is 2. The van der Waals surface area contributed by atoms with Crippen LogP contribution in [0.25, 0.3) is 33.8 Å². The van der Waals surface area contributed by atoms with Gasteiger partial charge >= 0.3 is 12.4 Å². The van der Waals surface area contributed by atoms with E-state index in [9.17, 15) is 68.1 Å². The number of amides is 2. The highest BCUT2D eigenvalue weighted by atomic mass is 35.5. The van der Waals surface area contributed by atoms with Gasteiger partial charge in [-0.25, -0.2) is 17.8 Å². The van der Waals surface area contributed by atoms with E-state index in [-0.39, 0.29) is 54.1 Å². The molecule has 2 fully saturated rings. The number of nitriles is 2. The molecule has 2 atom stereocenters. The molecule has 0 saturated heterocycles. The number of ketones is 1. The number of Topliss-reactive ketones (excluding diaryl/α,β-unsaturated/α-hetero) is 1. The number of nitrogens with two attached hydrogens (primary N) is 1. The zero-order valence-corrected chi connectivity index (χ0v) is 49.3. The van der Waals surface area contributed by atoms with Crippen LogP contribution in [0.2, 0.25) is 0 Å². The number of aromatic nitrogens is 6. The van der Waals surface area contributed by atoms with E-state index in [1.54, 1.807) is 45.4 Å². The Morgan fingerprint density at radius 3 is 1.44 bits per heavy atom. The van der Waals surface area contributed by atoms with Crippen LogP contribution in [0.1, 0.15) is 117 Å². The molecule has 87 heavy (non-hydrogen) atoms. The summed E-state index contributed by atoms with van der Waals surface area (Å²) in [5, 5.41) is 58.4. The highest BCUT2D eigenvalue weighted by molar-refractivity contribution is 7.86. The summed E-state index contributed by atoms with van der Waals surface area (Å²) in [6, 6.07) is 18.3. The van der Waals surface area contributed by atoms with Crippen LogP contribution < -0.4 is 27.0 Å². The van der Waals surface area contributed by atoms with E-state index in [0.717, 1.165) is 31.2 Å². The van der Waals surface area contributed by atoms with E-state index >= 15 is 0 Å². The van der Waals surface area contributed by atoms with Crippen LogP contribution >= 0.6 is 12.4 Å². The SMILES string of the molecule is CC(C)(O)[C@H](F)CNC(=O)c1cnc(-c2ccc3cc(C#N)cnn23)cc1NC1CCC(CC(=O)C(F)(F)F)CC1.CC(C)(O)[C@H](F)CNC(=O)c1cnc(-c2ccc3cc(C#N)cnn23)cc1NC1CCC(N)CC1.CS(=O)(=O)OCC(F)(F)F.Cl. The number of carbonyl (C=O) groups is 3. The van der Waals surface area contributed by atoms with Crippen molar-refractivity contribution < 1.29 is 72.3 Å². The predicted molar refractivity (Wildman–Crippen MR) is 306 cm³/mol. The number of carbonyl (C=O) groups excluding carboxylic acids is 3. The zero-order chi connectivity index (χ0) is 63.5. The van der Waals surface area contributed by atoms with Gasteiger partial charge in [-0.15, -0.1) is 12.4 Å². The molecule has 0 bridgehead atoms. The van der Waals surface area contributed by atoms with E-state index in [1.165, 1.54) is 52.5 Å². The normalized spacial score (nSPS) is 18.0. The summed E-state index contributed by atoms with van der Waals surface area (Å²) < 4.78 is 127. The summed E-state index contributed by atoms with van der Waals surface area (Å²) in [5.74, 6) is -3.21. The van der Waals surface area contributed by atoms with Crippen molar-refractivity contribution in [2.45, 2.75) is 140 Å². The lowest BCUT2D eigenvalue weighted by Crippen LogP contribution is -2.42. The first-order valence-corrected chi connectivity index (χ1v) is 28.8. The molecule has 0 spiro atoms. The number of hydrogen-bond donors (Lipinski definition) is 7. The Morgan fingerprint density at radius 1 is 0.690 bits per heavy atom. The number of aliphatic hydroxyl groups is 2. The smallest absolute Gasteiger partial charge is 0.387 e. The van der Waals surface area contributed by atoms with Gasteiger partial charge in [0, 0.05) is 36.9 Å². The largest absolute Gasteiger partial charge is 0.449 e. The molecule has 8 N–H and O–H groups in total. The minimum Gasteiger partial charge on any atom is -0.387 e. The summed E-state index contributed by atoms with van der Waals surface area (Å²) in [7, 11) is -3.98. The number of hydrogen-bond acceptors (Lipinski definition) is 17. The summed E-state index contributed by atoms with van der Waals surface area (Å²) in [6.07, 6.45) is -1.79. The van der Waals surface area contributed by atoms with Crippen molar-refractivity contribution in [3.05, 3.63) is 95.6 Å². The fourth-order valence-corrected chi connectivity index (χ4v) is 9.47. The van der Waals surface area contributed by atoms with Gasteiger partial charge < -0.3 is 37.2 Å². The minimum absolute atomic E-state index is 0. The molecule has 0 aliphatic heterocycles. The predicted octanol–water partition coefficient (Wildman–Crippen LogP) is 8.33. The Balaban J connectivity index is 0.000000274. The van der Waals surface area contributed by atoms with Crippen LogP contribution in [0.15, 0.2) is 73.3 Å². The van der Waals surface area contributed by atoms with E-state index in [4.69, 9.17) is 16.3 Å². The van der Waals surface area contributed by atoms with Crippen molar-refractivity contribution >= 4 is 62.5 Å². The van der Waals surface area contributed by atoms with Crippen molar-refractivity contribution in [2.24, 2.45) is 11.7 Å². The van der Waals surface area contributed by atoms with E-state index in [0.29, 0.717) is 82.7 Å². The van der Waals surface area contributed by atoms with Crippen LogP contribution in [-0.4, -0.2) is 145 Å². The molecule has 21 nitrogen and oxygen atoms in total. The maximum atomic E-state index is 14.3. The highest BCUT2D eigenvalue weighted by Crippen LogP contribution is 2.34. The molecule has 8 rings (SSSR count). The van der Waals surface area contributed by atoms with E-state index < -0.39 is 83.2 Å².